The van der Waals surface area contributed by atoms with Crippen molar-refractivity contribution in [3.05, 3.63) is 65.2 Å². The van der Waals surface area contributed by atoms with Crippen LogP contribution < -0.4 is 10.1 Å². The van der Waals surface area contributed by atoms with Gasteiger partial charge in [0.2, 0.25) is 0 Å². The summed E-state index contributed by atoms with van der Waals surface area (Å²) in [6.45, 7) is 4.00. The molecule has 0 saturated heterocycles. The number of anilines is 1. The Labute approximate surface area is 159 Å². The average Bonchev–Trinajstić information content (AvgIpc) is 2.71. The van der Waals surface area contributed by atoms with Gasteiger partial charge >= 0.3 is 5.97 Å². The SMILES string of the molecule is CC[C@H](C)c1ccccc1NC(=O)COC(=O)C1=Cc2ccccc2OC1. The van der Waals surface area contributed by atoms with Gasteiger partial charge in [0.25, 0.3) is 5.91 Å². The Morgan fingerprint density at radius 1 is 1.15 bits per heavy atom. The highest BCUT2D eigenvalue weighted by Crippen LogP contribution is 2.27. The van der Waals surface area contributed by atoms with Crippen molar-refractivity contribution in [2.45, 2.75) is 26.2 Å². The Morgan fingerprint density at radius 3 is 2.70 bits per heavy atom. The third-order valence-corrected chi connectivity index (χ3v) is 4.61. The normalized spacial score (nSPS) is 13.6. The summed E-state index contributed by atoms with van der Waals surface area (Å²) in [5.74, 6) is 0.147. The Bertz CT molecular complexity index is 872. The highest BCUT2D eigenvalue weighted by Gasteiger charge is 2.19. The average molecular weight is 365 g/mol. The molecule has 0 aliphatic carbocycles. The second kappa shape index (κ2) is 8.54. The van der Waals surface area contributed by atoms with E-state index in [2.05, 4.69) is 19.2 Å². The zero-order chi connectivity index (χ0) is 19.2. The maximum Gasteiger partial charge on any atom is 0.338 e. The van der Waals surface area contributed by atoms with Crippen molar-refractivity contribution in [3.63, 3.8) is 0 Å². The largest absolute Gasteiger partial charge is 0.488 e. The molecule has 1 N–H and O–H groups in total. The molecule has 2 aromatic rings. The maximum absolute atomic E-state index is 12.2. The molecule has 3 rings (SSSR count). The van der Waals surface area contributed by atoms with E-state index in [0.29, 0.717) is 11.5 Å². The molecule has 0 bridgehead atoms. The van der Waals surface area contributed by atoms with Gasteiger partial charge in [0, 0.05) is 11.3 Å². The monoisotopic (exact) mass is 365 g/mol. The molecule has 0 aromatic heterocycles. The lowest BCUT2D eigenvalue weighted by Crippen LogP contribution is -2.24. The predicted molar refractivity (Wildman–Crippen MR) is 105 cm³/mol. The lowest BCUT2D eigenvalue weighted by molar-refractivity contribution is -0.143. The van der Waals surface area contributed by atoms with Gasteiger partial charge in [0.05, 0.1) is 5.57 Å². The van der Waals surface area contributed by atoms with Crippen LogP contribution in [0.5, 0.6) is 5.75 Å². The number of amides is 1. The summed E-state index contributed by atoms with van der Waals surface area (Å²) in [6.07, 6.45) is 2.70. The fraction of sp³-hybridized carbons (Fsp3) is 0.273. The van der Waals surface area contributed by atoms with Crippen molar-refractivity contribution in [1.82, 2.24) is 0 Å². The number of para-hydroxylation sites is 2. The summed E-state index contributed by atoms with van der Waals surface area (Å²) in [6, 6.07) is 15.1. The Hall–Kier alpha value is -3.08. The summed E-state index contributed by atoms with van der Waals surface area (Å²) in [4.78, 5) is 24.5. The first-order valence-corrected chi connectivity index (χ1v) is 9.06. The van der Waals surface area contributed by atoms with Gasteiger partial charge in [-0.15, -0.1) is 0 Å². The van der Waals surface area contributed by atoms with Gasteiger partial charge in [-0.1, -0.05) is 50.2 Å². The molecule has 1 amide bonds. The van der Waals surface area contributed by atoms with Crippen LogP contribution in [0, 0.1) is 0 Å². The van der Waals surface area contributed by atoms with E-state index < -0.39 is 5.97 Å². The van der Waals surface area contributed by atoms with Crippen LogP contribution in [0.4, 0.5) is 5.69 Å². The predicted octanol–water partition coefficient (Wildman–Crippen LogP) is 4.16. The highest BCUT2D eigenvalue weighted by molar-refractivity contribution is 5.98. The van der Waals surface area contributed by atoms with Crippen LogP contribution in [-0.2, 0) is 14.3 Å². The lowest BCUT2D eigenvalue weighted by atomic mass is 9.97. The first-order chi connectivity index (χ1) is 13.1. The van der Waals surface area contributed by atoms with Gasteiger partial charge in [0.1, 0.15) is 12.4 Å². The molecule has 5 nitrogen and oxygen atoms in total. The molecule has 1 atom stereocenters. The van der Waals surface area contributed by atoms with E-state index in [0.717, 1.165) is 29.0 Å². The number of carbonyl (C=O) groups excluding carboxylic acids is 2. The number of benzene rings is 2. The minimum absolute atomic E-state index is 0.133. The maximum atomic E-state index is 12.2. The molecule has 0 spiro atoms. The van der Waals surface area contributed by atoms with Gasteiger partial charge < -0.3 is 14.8 Å². The standard InChI is InChI=1S/C22H23NO4/c1-3-15(2)18-9-5-6-10-19(18)23-21(24)14-27-22(25)17-12-16-8-4-7-11-20(16)26-13-17/h4-12,15H,3,13-14H2,1-2H3,(H,23,24)/t15-/m0/s1. The molecule has 5 heteroatoms. The summed E-state index contributed by atoms with van der Waals surface area (Å²) in [7, 11) is 0. The van der Waals surface area contributed by atoms with E-state index in [1.54, 1.807) is 6.08 Å². The molecule has 1 aliphatic heterocycles. The first-order valence-electron chi connectivity index (χ1n) is 9.06. The number of hydrogen-bond donors (Lipinski definition) is 1. The van der Waals surface area contributed by atoms with Gasteiger partial charge in [-0.05, 0) is 36.1 Å². The topological polar surface area (TPSA) is 64.6 Å². The van der Waals surface area contributed by atoms with Crippen molar-refractivity contribution in [2.75, 3.05) is 18.5 Å². The van der Waals surface area contributed by atoms with Gasteiger partial charge in [-0.3, -0.25) is 4.79 Å². The van der Waals surface area contributed by atoms with Crippen LogP contribution in [0.3, 0.4) is 0 Å². The molecule has 0 unspecified atom stereocenters. The molecule has 27 heavy (non-hydrogen) atoms. The molecular weight excluding hydrogens is 342 g/mol. The zero-order valence-electron chi connectivity index (χ0n) is 15.5. The van der Waals surface area contributed by atoms with E-state index in [1.165, 1.54) is 0 Å². The van der Waals surface area contributed by atoms with Crippen molar-refractivity contribution in [2.24, 2.45) is 0 Å². The Kier molecular flexibility index (Phi) is 5.91. The fourth-order valence-electron chi connectivity index (χ4n) is 2.90. The van der Waals surface area contributed by atoms with Crippen LogP contribution in [0.1, 0.15) is 37.3 Å². The van der Waals surface area contributed by atoms with Crippen molar-refractivity contribution in [3.8, 4) is 5.75 Å². The highest BCUT2D eigenvalue weighted by atomic mass is 16.5. The number of ether oxygens (including phenoxy) is 2. The third-order valence-electron chi connectivity index (χ3n) is 4.61. The molecule has 1 heterocycles. The van der Waals surface area contributed by atoms with Crippen molar-refractivity contribution >= 4 is 23.6 Å². The van der Waals surface area contributed by atoms with Gasteiger partial charge in [-0.2, -0.15) is 0 Å². The number of hydrogen-bond acceptors (Lipinski definition) is 4. The second-order valence-corrected chi connectivity index (χ2v) is 6.52. The van der Waals surface area contributed by atoms with Crippen LogP contribution in [0.15, 0.2) is 54.1 Å². The third kappa shape index (κ3) is 4.56. The van der Waals surface area contributed by atoms with Crippen molar-refractivity contribution in [1.29, 1.82) is 0 Å². The number of carbonyl (C=O) groups is 2. The number of nitrogens with one attached hydrogen (secondary N) is 1. The smallest absolute Gasteiger partial charge is 0.338 e. The Balaban J connectivity index is 1.59. The molecule has 0 radical (unpaired) electrons. The minimum Gasteiger partial charge on any atom is -0.488 e. The minimum atomic E-state index is -0.546. The molecule has 0 saturated carbocycles. The van der Waals surface area contributed by atoms with Crippen molar-refractivity contribution < 1.29 is 19.1 Å². The van der Waals surface area contributed by atoms with Crippen LogP contribution in [0.2, 0.25) is 0 Å². The second-order valence-electron chi connectivity index (χ2n) is 6.52. The van der Waals surface area contributed by atoms with E-state index in [4.69, 9.17) is 9.47 Å². The Morgan fingerprint density at radius 2 is 1.89 bits per heavy atom. The summed E-state index contributed by atoms with van der Waals surface area (Å²) < 4.78 is 10.7. The molecule has 140 valence electrons. The summed E-state index contributed by atoms with van der Waals surface area (Å²) in [5, 5.41) is 2.83. The quantitative estimate of drug-likeness (QED) is 0.781. The summed E-state index contributed by atoms with van der Waals surface area (Å²) in [5.41, 5.74) is 3.03. The van der Waals surface area contributed by atoms with Crippen LogP contribution in [0.25, 0.3) is 6.08 Å². The van der Waals surface area contributed by atoms with Gasteiger partial charge in [-0.25, -0.2) is 4.79 Å². The molecule has 1 aliphatic rings. The molecule has 2 aromatic carbocycles. The van der Waals surface area contributed by atoms with E-state index in [9.17, 15) is 9.59 Å². The number of fused-ring (bicyclic) bond motifs is 1. The number of esters is 1. The molecular formula is C22H23NO4. The summed E-state index contributed by atoms with van der Waals surface area (Å²) >= 11 is 0. The van der Waals surface area contributed by atoms with E-state index >= 15 is 0 Å². The number of rotatable bonds is 6. The van der Waals surface area contributed by atoms with Gasteiger partial charge in [0.15, 0.2) is 6.61 Å². The molecule has 0 fully saturated rings. The van der Waals surface area contributed by atoms with E-state index in [1.807, 2.05) is 48.5 Å². The lowest BCUT2D eigenvalue weighted by Gasteiger charge is -2.17. The van der Waals surface area contributed by atoms with E-state index in [-0.39, 0.29) is 19.1 Å². The fourth-order valence-corrected chi connectivity index (χ4v) is 2.90. The first kappa shape index (κ1) is 18.7. The zero-order valence-corrected chi connectivity index (χ0v) is 15.5. The van der Waals surface area contributed by atoms with Crippen LogP contribution in [-0.4, -0.2) is 25.1 Å². The van der Waals surface area contributed by atoms with Crippen LogP contribution >= 0.6 is 0 Å².